The van der Waals surface area contributed by atoms with Crippen molar-refractivity contribution in [1.82, 2.24) is 5.32 Å². The zero-order valence-electron chi connectivity index (χ0n) is 15.9. The largest absolute Gasteiger partial charge is 0.467 e. The Kier molecular flexibility index (Phi) is 3.93. The predicted octanol–water partition coefficient (Wildman–Crippen LogP) is 3.74. The molecule has 2 N–H and O–H groups in total. The van der Waals surface area contributed by atoms with Crippen LogP contribution >= 0.6 is 0 Å². The second kappa shape index (κ2) is 6.36. The first-order valence-corrected chi connectivity index (χ1v) is 10.0. The first-order valence-electron chi connectivity index (χ1n) is 10.0. The molecule has 2 aliphatic heterocycles. The number of piperidine rings is 1. The maximum atomic E-state index is 13.3. The number of para-hydroxylation sites is 1. The van der Waals surface area contributed by atoms with Crippen LogP contribution in [0.4, 0.5) is 5.69 Å². The summed E-state index contributed by atoms with van der Waals surface area (Å²) in [6.45, 7) is 1.98. The molecule has 2 amide bonds. The van der Waals surface area contributed by atoms with Crippen LogP contribution in [0.2, 0.25) is 0 Å². The lowest BCUT2D eigenvalue weighted by Gasteiger charge is -2.55. The van der Waals surface area contributed by atoms with Gasteiger partial charge >= 0.3 is 0 Å². The molecule has 2 fully saturated rings. The number of aryl methyl sites for hydroxylation is 1. The van der Waals surface area contributed by atoms with Crippen LogP contribution in [-0.4, -0.2) is 17.5 Å². The van der Waals surface area contributed by atoms with E-state index in [1.54, 1.807) is 0 Å². The average molecular weight is 376 g/mol. The third-order valence-corrected chi connectivity index (χ3v) is 6.46. The van der Waals surface area contributed by atoms with Crippen LogP contribution in [0.15, 0.2) is 48.5 Å². The van der Waals surface area contributed by atoms with Crippen LogP contribution in [-0.2, 0) is 9.59 Å². The van der Waals surface area contributed by atoms with Crippen molar-refractivity contribution in [2.75, 3.05) is 5.32 Å². The van der Waals surface area contributed by atoms with E-state index in [1.807, 2.05) is 55.5 Å². The Morgan fingerprint density at radius 1 is 1.18 bits per heavy atom. The van der Waals surface area contributed by atoms with Gasteiger partial charge in [0.2, 0.25) is 11.8 Å². The Morgan fingerprint density at radius 3 is 2.89 bits per heavy atom. The van der Waals surface area contributed by atoms with Gasteiger partial charge in [-0.15, -0.1) is 0 Å². The molecule has 0 radical (unpaired) electrons. The minimum absolute atomic E-state index is 0.113. The fourth-order valence-corrected chi connectivity index (χ4v) is 5.30. The molecule has 3 aliphatic rings. The SMILES string of the molecule is Cc1cccc(NC(=O)[C@@H]2C(=O)N[C@@]34CCCC[C@H]3[C@H]2c2ccccc2O4)c1. The molecule has 2 bridgehead atoms. The van der Waals surface area contributed by atoms with Gasteiger partial charge in [-0.05, 0) is 49.1 Å². The van der Waals surface area contributed by atoms with E-state index in [2.05, 4.69) is 10.6 Å². The molecule has 5 rings (SSSR count). The fraction of sp³-hybridized carbons (Fsp3) is 0.391. The van der Waals surface area contributed by atoms with E-state index in [1.165, 1.54) is 0 Å². The molecule has 0 spiro atoms. The number of hydrogen-bond acceptors (Lipinski definition) is 3. The number of hydrogen-bond donors (Lipinski definition) is 2. The number of ether oxygens (including phenoxy) is 1. The van der Waals surface area contributed by atoms with Crippen LogP contribution in [0.25, 0.3) is 0 Å². The average Bonchev–Trinajstić information content (AvgIpc) is 2.67. The summed E-state index contributed by atoms with van der Waals surface area (Å²) < 4.78 is 6.36. The summed E-state index contributed by atoms with van der Waals surface area (Å²) in [7, 11) is 0. The number of amides is 2. The first-order chi connectivity index (χ1) is 13.6. The molecule has 5 nitrogen and oxygen atoms in total. The van der Waals surface area contributed by atoms with Gasteiger partial charge in [0.05, 0.1) is 0 Å². The molecular weight excluding hydrogens is 352 g/mol. The lowest BCUT2D eigenvalue weighted by Crippen LogP contribution is -2.69. The molecule has 0 aromatic heterocycles. The lowest BCUT2D eigenvalue weighted by atomic mass is 9.62. The lowest BCUT2D eigenvalue weighted by molar-refractivity contribution is -0.160. The third kappa shape index (κ3) is 2.60. The molecule has 28 heavy (non-hydrogen) atoms. The minimum atomic E-state index is -0.762. The molecule has 144 valence electrons. The molecule has 1 aliphatic carbocycles. The summed E-state index contributed by atoms with van der Waals surface area (Å²) in [6.07, 6.45) is 3.86. The summed E-state index contributed by atoms with van der Waals surface area (Å²) in [5, 5.41) is 6.08. The highest BCUT2D eigenvalue weighted by molar-refractivity contribution is 6.08. The number of anilines is 1. The van der Waals surface area contributed by atoms with Gasteiger partial charge in [-0.2, -0.15) is 0 Å². The van der Waals surface area contributed by atoms with Gasteiger partial charge in [0.1, 0.15) is 11.7 Å². The maximum Gasteiger partial charge on any atom is 0.237 e. The van der Waals surface area contributed by atoms with E-state index < -0.39 is 11.6 Å². The van der Waals surface area contributed by atoms with Crippen LogP contribution in [0.5, 0.6) is 5.75 Å². The molecule has 2 aromatic carbocycles. The molecule has 1 saturated heterocycles. The van der Waals surface area contributed by atoms with Gasteiger partial charge in [0.15, 0.2) is 5.72 Å². The van der Waals surface area contributed by atoms with E-state index in [-0.39, 0.29) is 23.7 Å². The zero-order valence-corrected chi connectivity index (χ0v) is 15.9. The Bertz CT molecular complexity index is 956. The van der Waals surface area contributed by atoms with E-state index in [9.17, 15) is 9.59 Å². The summed E-state index contributed by atoms with van der Waals surface area (Å²) >= 11 is 0. The van der Waals surface area contributed by atoms with Crippen LogP contribution in [0, 0.1) is 18.8 Å². The Labute approximate surface area is 164 Å². The van der Waals surface area contributed by atoms with Gasteiger partial charge in [0, 0.05) is 23.9 Å². The highest BCUT2D eigenvalue weighted by Gasteiger charge is 2.60. The Hall–Kier alpha value is -2.82. The highest BCUT2D eigenvalue weighted by Crippen LogP contribution is 2.55. The molecule has 4 atom stereocenters. The van der Waals surface area contributed by atoms with Crippen molar-refractivity contribution in [3.63, 3.8) is 0 Å². The van der Waals surface area contributed by atoms with E-state index in [4.69, 9.17) is 4.74 Å². The Morgan fingerprint density at radius 2 is 2.04 bits per heavy atom. The predicted molar refractivity (Wildman–Crippen MR) is 106 cm³/mol. The van der Waals surface area contributed by atoms with E-state index >= 15 is 0 Å². The molecule has 5 heteroatoms. The highest BCUT2D eigenvalue weighted by atomic mass is 16.5. The van der Waals surface area contributed by atoms with Gasteiger partial charge in [-0.3, -0.25) is 9.59 Å². The normalized spacial score (nSPS) is 30.3. The smallest absolute Gasteiger partial charge is 0.237 e. The summed E-state index contributed by atoms with van der Waals surface area (Å²) in [5.74, 6) is -0.501. The van der Waals surface area contributed by atoms with Crippen molar-refractivity contribution in [3.8, 4) is 5.75 Å². The number of carbonyl (C=O) groups is 2. The third-order valence-electron chi connectivity index (χ3n) is 6.46. The van der Waals surface area contributed by atoms with Crippen molar-refractivity contribution in [2.24, 2.45) is 11.8 Å². The number of fused-ring (bicyclic) bond motifs is 2. The van der Waals surface area contributed by atoms with E-state index in [0.29, 0.717) is 0 Å². The van der Waals surface area contributed by atoms with Gasteiger partial charge in [-0.25, -0.2) is 0 Å². The Balaban J connectivity index is 1.55. The van der Waals surface area contributed by atoms with Crippen molar-refractivity contribution >= 4 is 17.5 Å². The summed E-state index contributed by atoms with van der Waals surface area (Å²) in [4.78, 5) is 26.4. The second-order valence-electron chi connectivity index (χ2n) is 8.23. The van der Waals surface area contributed by atoms with Gasteiger partial charge in [0.25, 0.3) is 0 Å². The van der Waals surface area contributed by atoms with Crippen molar-refractivity contribution < 1.29 is 14.3 Å². The van der Waals surface area contributed by atoms with Crippen LogP contribution in [0.3, 0.4) is 0 Å². The number of benzene rings is 2. The van der Waals surface area contributed by atoms with Crippen molar-refractivity contribution in [3.05, 3.63) is 59.7 Å². The zero-order chi connectivity index (χ0) is 19.3. The topological polar surface area (TPSA) is 67.4 Å². The minimum Gasteiger partial charge on any atom is -0.467 e. The molecule has 2 heterocycles. The van der Waals surface area contributed by atoms with Crippen molar-refractivity contribution in [2.45, 2.75) is 44.2 Å². The first kappa shape index (κ1) is 17.3. The quantitative estimate of drug-likeness (QED) is 0.785. The number of nitrogens with one attached hydrogen (secondary N) is 2. The van der Waals surface area contributed by atoms with Crippen LogP contribution in [0.1, 0.15) is 42.7 Å². The number of carbonyl (C=O) groups excluding carboxylic acids is 2. The molecular formula is C23H24N2O3. The number of rotatable bonds is 2. The molecule has 1 saturated carbocycles. The summed E-state index contributed by atoms with van der Waals surface area (Å²) in [5.41, 5.74) is 2.09. The standard InChI is InChI=1S/C23H24N2O3/c1-14-7-6-8-15(13-14)24-21(26)20-19-16-9-2-3-11-18(16)28-23(25-22(20)27)12-5-4-10-17(19)23/h2-3,6-9,11,13,17,19-20H,4-5,10,12H2,1H3,(H,24,26)(H,25,27)/t17-,19+,20+,23+/m0/s1. The monoisotopic (exact) mass is 376 g/mol. The maximum absolute atomic E-state index is 13.3. The van der Waals surface area contributed by atoms with Gasteiger partial charge in [-0.1, -0.05) is 36.8 Å². The van der Waals surface area contributed by atoms with Gasteiger partial charge < -0.3 is 15.4 Å². The fourth-order valence-electron chi connectivity index (χ4n) is 5.30. The molecule has 2 aromatic rings. The van der Waals surface area contributed by atoms with Crippen LogP contribution < -0.4 is 15.4 Å². The van der Waals surface area contributed by atoms with E-state index in [0.717, 1.165) is 48.2 Å². The van der Waals surface area contributed by atoms with Crippen molar-refractivity contribution in [1.29, 1.82) is 0 Å². The second-order valence-corrected chi connectivity index (χ2v) is 8.23. The summed E-state index contributed by atoms with van der Waals surface area (Å²) in [6, 6.07) is 15.5. The molecule has 0 unspecified atom stereocenters.